The number of para-hydroxylation sites is 4. The van der Waals surface area contributed by atoms with Crippen LogP contribution in [0.25, 0.3) is 105 Å². The summed E-state index contributed by atoms with van der Waals surface area (Å²) in [6.07, 6.45) is 0. The van der Waals surface area contributed by atoms with Crippen molar-refractivity contribution in [1.29, 1.82) is 0 Å². The normalized spacial score (nSPS) is 11.6. The molecular formula is C64H42N2O. The molecule has 11 aromatic carbocycles. The Morgan fingerprint density at radius 2 is 0.851 bits per heavy atom. The highest BCUT2D eigenvalue weighted by molar-refractivity contribution is 6.13. The van der Waals surface area contributed by atoms with Crippen LogP contribution >= 0.6 is 0 Å². The maximum absolute atomic E-state index is 6.31. The molecule has 0 saturated carbocycles. The van der Waals surface area contributed by atoms with Crippen LogP contribution in [0, 0.1) is 0 Å². The summed E-state index contributed by atoms with van der Waals surface area (Å²) in [5.41, 5.74) is 17.9. The zero-order chi connectivity index (χ0) is 44.3. The standard InChI is InChI=1S/C64H42N2O/c1-3-16-44(17-4-1)51-25-13-18-46-19-14-27-55(63(46)51)53-22-7-10-28-58(53)65(50-39-34-45(35-40-50)52-26-15-31-62-64(52)56-24-9-12-30-61(56)67-62)49-37-32-43(33-38-49)47-36-41-60-57(42-47)54-23-8-11-29-59(54)66(60)48-20-5-2-6-21-48/h1-42H. The van der Waals surface area contributed by atoms with Gasteiger partial charge in [-0.05, 0) is 123 Å². The van der Waals surface area contributed by atoms with Gasteiger partial charge in [0.05, 0.1) is 16.7 Å². The third kappa shape index (κ3) is 6.51. The van der Waals surface area contributed by atoms with Crippen molar-refractivity contribution in [2.45, 2.75) is 0 Å². The molecule has 0 saturated heterocycles. The Hall–Kier alpha value is -8.92. The van der Waals surface area contributed by atoms with Crippen LogP contribution in [-0.2, 0) is 0 Å². The van der Waals surface area contributed by atoms with Gasteiger partial charge in [0.1, 0.15) is 11.2 Å². The van der Waals surface area contributed by atoms with E-state index in [0.717, 1.165) is 66.9 Å². The van der Waals surface area contributed by atoms with Crippen LogP contribution < -0.4 is 4.90 Å². The van der Waals surface area contributed by atoms with Gasteiger partial charge < -0.3 is 13.9 Å². The predicted octanol–water partition coefficient (Wildman–Crippen LogP) is 18.0. The van der Waals surface area contributed by atoms with E-state index in [4.69, 9.17) is 4.42 Å². The van der Waals surface area contributed by atoms with Gasteiger partial charge >= 0.3 is 0 Å². The minimum Gasteiger partial charge on any atom is -0.456 e. The van der Waals surface area contributed by atoms with Gasteiger partial charge in [0, 0.05) is 44.2 Å². The van der Waals surface area contributed by atoms with Gasteiger partial charge in [-0.25, -0.2) is 0 Å². The molecule has 13 rings (SSSR count). The SMILES string of the molecule is c1ccc(-c2cccc3cccc(-c4ccccc4N(c4ccc(-c5ccc6c(c5)c5ccccc5n6-c5ccccc5)cc4)c4ccc(-c5cccc6oc7ccccc7c56)cc4)c23)cc1. The molecule has 0 radical (unpaired) electrons. The Balaban J connectivity index is 0.964. The maximum atomic E-state index is 6.31. The van der Waals surface area contributed by atoms with Crippen molar-refractivity contribution in [3.05, 3.63) is 255 Å². The van der Waals surface area contributed by atoms with Gasteiger partial charge in [-0.2, -0.15) is 0 Å². The van der Waals surface area contributed by atoms with Crippen LogP contribution in [0.5, 0.6) is 0 Å². The number of fused-ring (bicyclic) bond motifs is 7. The molecule has 0 aliphatic carbocycles. The van der Waals surface area contributed by atoms with Gasteiger partial charge in [0.15, 0.2) is 0 Å². The van der Waals surface area contributed by atoms with Gasteiger partial charge in [-0.1, -0.05) is 182 Å². The summed E-state index contributed by atoms with van der Waals surface area (Å²) < 4.78 is 8.68. The first-order valence-corrected chi connectivity index (χ1v) is 22.9. The summed E-state index contributed by atoms with van der Waals surface area (Å²) in [5.74, 6) is 0. The fourth-order valence-electron chi connectivity index (χ4n) is 10.4. The molecule has 0 aliphatic heterocycles. The Morgan fingerprint density at radius 1 is 0.313 bits per heavy atom. The minimum atomic E-state index is 0.893. The van der Waals surface area contributed by atoms with E-state index in [-0.39, 0.29) is 0 Å². The molecule has 0 spiro atoms. The summed E-state index contributed by atoms with van der Waals surface area (Å²) in [5, 5.41) is 7.18. The van der Waals surface area contributed by atoms with Crippen LogP contribution in [0.3, 0.4) is 0 Å². The molecule has 314 valence electrons. The third-order valence-electron chi connectivity index (χ3n) is 13.4. The van der Waals surface area contributed by atoms with Crippen LogP contribution in [0.1, 0.15) is 0 Å². The van der Waals surface area contributed by atoms with Gasteiger partial charge in [0.25, 0.3) is 0 Å². The third-order valence-corrected chi connectivity index (χ3v) is 13.4. The molecule has 0 unspecified atom stereocenters. The number of furan rings is 1. The second-order valence-electron chi connectivity index (χ2n) is 17.2. The molecule has 67 heavy (non-hydrogen) atoms. The highest BCUT2D eigenvalue weighted by Gasteiger charge is 2.21. The number of hydrogen-bond donors (Lipinski definition) is 0. The fraction of sp³-hybridized carbons (Fsp3) is 0. The zero-order valence-electron chi connectivity index (χ0n) is 36.6. The lowest BCUT2D eigenvalue weighted by Gasteiger charge is -2.29. The Kier molecular flexibility index (Phi) is 9.17. The number of anilines is 3. The van der Waals surface area contributed by atoms with Gasteiger partial charge in [-0.15, -0.1) is 0 Å². The predicted molar refractivity (Wildman–Crippen MR) is 282 cm³/mol. The van der Waals surface area contributed by atoms with Crippen molar-refractivity contribution in [2.75, 3.05) is 4.90 Å². The molecule has 0 amide bonds. The van der Waals surface area contributed by atoms with Gasteiger partial charge in [-0.3, -0.25) is 0 Å². The van der Waals surface area contributed by atoms with Crippen LogP contribution in [0.2, 0.25) is 0 Å². The van der Waals surface area contributed by atoms with E-state index in [1.807, 2.05) is 12.1 Å². The largest absolute Gasteiger partial charge is 0.456 e. The van der Waals surface area contributed by atoms with Crippen LogP contribution in [0.4, 0.5) is 17.1 Å². The first-order valence-electron chi connectivity index (χ1n) is 22.9. The maximum Gasteiger partial charge on any atom is 0.136 e. The van der Waals surface area contributed by atoms with Crippen LogP contribution in [0.15, 0.2) is 259 Å². The van der Waals surface area contributed by atoms with Crippen molar-refractivity contribution in [3.63, 3.8) is 0 Å². The molecule has 0 fully saturated rings. The average molecular weight is 855 g/mol. The molecule has 3 nitrogen and oxygen atoms in total. The number of benzene rings is 11. The summed E-state index contributed by atoms with van der Waals surface area (Å²) in [6, 6.07) is 91.9. The first-order chi connectivity index (χ1) is 33.2. The number of nitrogens with zero attached hydrogens (tertiary/aromatic N) is 2. The Bertz CT molecular complexity index is 3950. The molecule has 2 heterocycles. The van der Waals surface area contributed by atoms with Crippen molar-refractivity contribution in [3.8, 4) is 50.2 Å². The highest BCUT2D eigenvalue weighted by Crippen LogP contribution is 2.46. The minimum absolute atomic E-state index is 0.893. The Morgan fingerprint density at radius 3 is 1.63 bits per heavy atom. The van der Waals surface area contributed by atoms with E-state index in [2.05, 4.69) is 252 Å². The lowest BCUT2D eigenvalue weighted by molar-refractivity contribution is 0.669. The van der Waals surface area contributed by atoms with E-state index in [1.54, 1.807) is 0 Å². The quantitative estimate of drug-likeness (QED) is 0.152. The summed E-state index contributed by atoms with van der Waals surface area (Å²) in [6.45, 7) is 0. The number of hydrogen-bond acceptors (Lipinski definition) is 2. The molecule has 0 bridgehead atoms. The molecule has 13 aromatic rings. The molecular weight excluding hydrogens is 813 g/mol. The number of rotatable bonds is 8. The topological polar surface area (TPSA) is 21.3 Å². The van der Waals surface area contributed by atoms with Crippen molar-refractivity contribution in [1.82, 2.24) is 4.57 Å². The zero-order valence-corrected chi connectivity index (χ0v) is 36.6. The van der Waals surface area contributed by atoms with Crippen molar-refractivity contribution in [2.24, 2.45) is 0 Å². The van der Waals surface area contributed by atoms with Crippen molar-refractivity contribution >= 4 is 71.6 Å². The average Bonchev–Trinajstić information content (AvgIpc) is 3.95. The molecule has 3 heteroatoms. The highest BCUT2D eigenvalue weighted by atomic mass is 16.3. The summed E-state index contributed by atoms with van der Waals surface area (Å²) in [7, 11) is 0. The second kappa shape index (κ2) is 16.0. The molecule has 0 atom stereocenters. The summed E-state index contributed by atoms with van der Waals surface area (Å²) in [4.78, 5) is 2.41. The van der Waals surface area contributed by atoms with E-state index >= 15 is 0 Å². The second-order valence-corrected chi connectivity index (χ2v) is 17.2. The van der Waals surface area contributed by atoms with E-state index in [0.29, 0.717) is 0 Å². The first kappa shape index (κ1) is 38.5. The Labute approximate surface area is 388 Å². The monoisotopic (exact) mass is 854 g/mol. The van der Waals surface area contributed by atoms with Gasteiger partial charge in [0.2, 0.25) is 0 Å². The number of aromatic nitrogens is 1. The summed E-state index contributed by atoms with van der Waals surface area (Å²) >= 11 is 0. The van der Waals surface area contributed by atoms with E-state index in [1.165, 1.54) is 54.8 Å². The van der Waals surface area contributed by atoms with E-state index in [9.17, 15) is 0 Å². The fourth-order valence-corrected chi connectivity index (χ4v) is 10.4. The molecule has 0 aliphatic rings. The van der Waals surface area contributed by atoms with Crippen molar-refractivity contribution < 1.29 is 4.42 Å². The molecule has 0 N–H and O–H groups in total. The molecule has 2 aromatic heterocycles. The van der Waals surface area contributed by atoms with E-state index < -0.39 is 0 Å². The lowest BCUT2D eigenvalue weighted by atomic mass is 9.90. The van der Waals surface area contributed by atoms with Crippen LogP contribution in [-0.4, -0.2) is 4.57 Å². The lowest BCUT2D eigenvalue weighted by Crippen LogP contribution is -2.11. The smallest absolute Gasteiger partial charge is 0.136 e.